The highest BCUT2D eigenvalue weighted by Gasteiger charge is 2.11. The number of hydrogen-bond donors (Lipinski definition) is 3. The number of benzene rings is 2. The molecule has 0 saturated carbocycles. The van der Waals surface area contributed by atoms with Crippen molar-refractivity contribution in [3.8, 4) is 5.75 Å². The van der Waals surface area contributed by atoms with Crippen LogP contribution in [0.2, 0.25) is 0 Å². The fourth-order valence-corrected chi connectivity index (χ4v) is 2.45. The lowest BCUT2D eigenvalue weighted by Crippen LogP contribution is -2.24. The van der Waals surface area contributed by atoms with E-state index in [1.807, 2.05) is 6.07 Å². The molecule has 2 aromatic carbocycles. The number of phenolic OH excluding ortho intramolecular Hbond substituents is 1. The zero-order chi connectivity index (χ0) is 18.4. The van der Waals surface area contributed by atoms with Gasteiger partial charge in [-0.15, -0.1) is 0 Å². The fraction of sp³-hybridized carbons (Fsp3) is 0.100. The highest BCUT2D eigenvalue weighted by Crippen LogP contribution is 2.15. The molecule has 0 radical (unpaired) electrons. The third-order valence-electron chi connectivity index (χ3n) is 3.79. The number of rotatable bonds is 6. The zero-order valence-corrected chi connectivity index (χ0v) is 13.9. The molecule has 3 N–H and O–H groups in total. The van der Waals surface area contributed by atoms with Crippen LogP contribution in [0, 0.1) is 0 Å². The fourth-order valence-electron chi connectivity index (χ4n) is 2.45. The molecule has 132 valence electrons. The molecule has 0 aliphatic rings. The van der Waals surface area contributed by atoms with Crippen LogP contribution in [-0.4, -0.2) is 16.9 Å². The standard InChI is InChI=1S/C20H18N2O4/c23-18-9-2-1-8-17(18)20(25)21-12-14-5-3-6-15(11-14)19(24)22-13-16-7-4-10-26-16/h1-11,23H,12-13H2,(H,21,25)(H,22,24). The maximum atomic E-state index is 12.2. The van der Waals surface area contributed by atoms with E-state index in [2.05, 4.69) is 10.6 Å². The van der Waals surface area contributed by atoms with Gasteiger partial charge in [-0.2, -0.15) is 0 Å². The number of para-hydroxylation sites is 1. The Balaban J connectivity index is 1.59. The van der Waals surface area contributed by atoms with Gasteiger partial charge >= 0.3 is 0 Å². The Kier molecular flexibility index (Phi) is 5.34. The molecule has 0 spiro atoms. The van der Waals surface area contributed by atoms with E-state index < -0.39 is 0 Å². The van der Waals surface area contributed by atoms with Gasteiger partial charge in [0.15, 0.2) is 0 Å². The lowest BCUT2D eigenvalue weighted by molar-refractivity contribution is 0.0942. The number of nitrogens with one attached hydrogen (secondary N) is 2. The Bertz CT molecular complexity index is 904. The van der Waals surface area contributed by atoms with Crippen LogP contribution in [0.5, 0.6) is 5.75 Å². The summed E-state index contributed by atoms with van der Waals surface area (Å²) in [6.07, 6.45) is 1.55. The maximum Gasteiger partial charge on any atom is 0.255 e. The van der Waals surface area contributed by atoms with Crippen molar-refractivity contribution in [2.75, 3.05) is 0 Å². The topological polar surface area (TPSA) is 91.6 Å². The van der Waals surface area contributed by atoms with Crippen LogP contribution in [0.4, 0.5) is 0 Å². The van der Waals surface area contributed by atoms with Crippen molar-refractivity contribution in [3.05, 3.63) is 89.4 Å². The summed E-state index contributed by atoms with van der Waals surface area (Å²) >= 11 is 0. The molecule has 0 aliphatic heterocycles. The summed E-state index contributed by atoms with van der Waals surface area (Å²) in [4.78, 5) is 24.4. The van der Waals surface area contributed by atoms with E-state index in [4.69, 9.17) is 4.42 Å². The number of furan rings is 1. The van der Waals surface area contributed by atoms with Crippen molar-refractivity contribution in [1.29, 1.82) is 0 Å². The first kappa shape index (κ1) is 17.3. The minimum absolute atomic E-state index is 0.0731. The Labute approximate surface area is 150 Å². The van der Waals surface area contributed by atoms with E-state index in [1.165, 1.54) is 6.07 Å². The van der Waals surface area contributed by atoms with Crippen LogP contribution in [-0.2, 0) is 13.1 Å². The van der Waals surface area contributed by atoms with E-state index in [9.17, 15) is 14.7 Å². The van der Waals surface area contributed by atoms with Gasteiger partial charge in [-0.05, 0) is 42.0 Å². The minimum atomic E-state index is -0.379. The molecule has 6 nitrogen and oxygen atoms in total. The van der Waals surface area contributed by atoms with Gasteiger partial charge in [0.2, 0.25) is 0 Å². The van der Waals surface area contributed by atoms with Gasteiger partial charge in [-0.25, -0.2) is 0 Å². The third-order valence-corrected chi connectivity index (χ3v) is 3.79. The lowest BCUT2D eigenvalue weighted by Gasteiger charge is -2.08. The largest absolute Gasteiger partial charge is 0.507 e. The molecule has 1 aromatic heterocycles. The van der Waals surface area contributed by atoms with Crippen LogP contribution in [0.15, 0.2) is 71.3 Å². The molecule has 0 bridgehead atoms. The normalized spacial score (nSPS) is 10.3. The van der Waals surface area contributed by atoms with Gasteiger partial charge in [-0.3, -0.25) is 9.59 Å². The van der Waals surface area contributed by atoms with Gasteiger partial charge in [-0.1, -0.05) is 24.3 Å². The average molecular weight is 350 g/mol. The number of phenols is 1. The molecule has 0 fully saturated rings. The minimum Gasteiger partial charge on any atom is -0.507 e. The predicted octanol–water partition coefficient (Wildman–Crippen LogP) is 2.85. The molecule has 0 atom stereocenters. The first-order chi connectivity index (χ1) is 12.6. The highest BCUT2D eigenvalue weighted by molar-refractivity contribution is 5.97. The quantitative estimate of drug-likeness (QED) is 0.637. The molecule has 26 heavy (non-hydrogen) atoms. The summed E-state index contributed by atoms with van der Waals surface area (Å²) in [5.74, 6) is -0.00783. The molecule has 2 amide bonds. The van der Waals surface area contributed by atoms with Gasteiger partial charge in [0, 0.05) is 12.1 Å². The molecule has 3 rings (SSSR count). The van der Waals surface area contributed by atoms with Gasteiger partial charge in [0.05, 0.1) is 18.4 Å². The Morgan fingerprint density at radius 2 is 1.69 bits per heavy atom. The number of carbonyl (C=O) groups excluding carboxylic acids is 2. The summed E-state index contributed by atoms with van der Waals surface area (Å²) in [7, 11) is 0. The summed E-state index contributed by atoms with van der Waals surface area (Å²) in [6, 6.07) is 16.9. The van der Waals surface area contributed by atoms with Crippen LogP contribution in [0.1, 0.15) is 32.0 Å². The Morgan fingerprint density at radius 3 is 2.46 bits per heavy atom. The predicted molar refractivity (Wildman–Crippen MR) is 95.6 cm³/mol. The first-order valence-corrected chi connectivity index (χ1v) is 8.09. The van der Waals surface area contributed by atoms with Crippen LogP contribution in [0.25, 0.3) is 0 Å². The average Bonchev–Trinajstić information content (AvgIpc) is 3.18. The van der Waals surface area contributed by atoms with Crippen molar-refractivity contribution < 1.29 is 19.1 Å². The smallest absolute Gasteiger partial charge is 0.255 e. The van der Waals surface area contributed by atoms with Gasteiger partial charge in [0.1, 0.15) is 11.5 Å². The molecule has 0 unspecified atom stereocenters. The summed E-state index contributed by atoms with van der Waals surface area (Å²) in [5, 5.41) is 15.2. The third kappa shape index (κ3) is 4.30. The van der Waals surface area contributed by atoms with Crippen LogP contribution in [0.3, 0.4) is 0 Å². The SMILES string of the molecule is O=C(NCc1ccco1)c1cccc(CNC(=O)c2ccccc2O)c1. The van der Waals surface area contributed by atoms with E-state index in [0.29, 0.717) is 17.9 Å². The lowest BCUT2D eigenvalue weighted by atomic mass is 10.1. The molecular weight excluding hydrogens is 332 g/mol. The molecule has 0 saturated heterocycles. The van der Waals surface area contributed by atoms with Crippen LogP contribution >= 0.6 is 0 Å². The number of aromatic hydroxyl groups is 1. The summed E-state index contributed by atoms with van der Waals surface area (Å²) in [5.41, 5.74) is 1.48. The molecule has 6 heteroatoms. The van der Waals surface area contributed by atoms with Gasteiger partial charge in [0.25, 0.3) is 11.8 Å². The molecule has 0 aliphatic carbocycles. The second-order valence-electron chi connectivity index (χ2n) is 5.66. The molecular formula is C20H18N2O4. The Morgan fingerprint density at radius 1 is 0.885 bits per heavy atom. The van der Waals surface area contributed by atoms with Gasteiger partial charge < -0.3 is 20.2 Å². The van der Waals surface area contributed by atoms with Crippen molar-refractivity contribution in [2.45, 2.75) is 13.1 Å². The monoisotopic (exact) mass is 350 g/mol. The van der Waals surface area contributed by atoms with E-state index >= 15 is 0 Å². The van der Waals surface area contributed by atoms with E-state index in [1.54, 1.807) is 54.8 Å². The molecule has 3 aromatic rings. The number of hydrogen-bond acceptors (Lipinski definition) is 4. The van der Waals surface area contributed by atoms with Crippen molar-refractivity contribution in [3.63, 3.8) is 0 Å². The van der Waals surface area contributed by atoms with E-state index in [0.717, 1.165) is 5.56 Å². The Hall–Kier alpha value is -3.54. The van der Waals surface area contributed by atoms with Crippen molar-refractivity contribution in [2.24, 2.45) is 0 Å². The maximum absolute atomic E-state index is 12.2. The number of carbonyl (C=O) groups is 2. The molecule has 1 heterocycles. The summed E-state index contributed by atoms with van der Waals surface area (Å²) in [6.45, 7) is 0.548. The zero-order valence-electron chi connectivity index (χ0n) is 13.9. The second kappa shape index (κ2) is 8.02. The second-order valence-corrected chi connectivity index (χ2v) is 5.66. The highest BCUT2D eigenvalue weighted by atomic mass is 16.3. The van der Waals surface area contributed by atoms with Crippen molar-refractivity contribution in [1.82, 2.24) is 10.6 Å². The first-order valence-electron chi connectivity index (χ1n) is 8.09. The van der Waals surface area contributed by atoms with Crippen LogP contribution < -0.4 is 10.6 Å². The summed E-state index contributed by atoms with van der Waals surface area (Å²) < 4.78 is 5.18. The number of amides is 2. The van der Waals surface area contributed by atoms with Crippen molar-refractivity contribution >= 4 is 11.8 Å². The van der Waals surface area contributed by atoms with E-state index in [-0.39, 0.29) is 29.7 Å².